The van der Waals surface area contributed by atoms with Crippen molar-refractivity contribution in [3.63, 3.8) is 0 Å². The highest BCUT2D eigenvalue weighted by atomic mass is 16.3. The molecule has 55 heavy (non-hydrogen) atoms. The van der Waals surface area contributed by atoms with Gasteiger partial charge in [0.2, 0.25) is 5.89 Å². The van der Waals surface area contributed by atoms with Gasteiger partial charge in [0.15, 0.2) is 5.58 Å². The minimum Gasteiger partial charge on any atom is -0.456 e. The van der Waals surface area contributed by atoms with Crippen molar-refractivity contribution in [2.75, 3.05) is 4.90 Å². The molecule has 0 radical (unpaired) electrons. The van der Waals surface area contributed by atoms with Gasteiger partial charge in [-0.25, -0.2) is 4.98 Å². The zero-order valence-electron chi connectivity index (χ0n) is 29.7. The molecular formula is C51H32N2O2. The molecule has 0 unspecified atom stereocenters. The Morgan fingerprint density at radius 2 is 1.05 bits per heavy atom. The number of fused-ring (bicyclic) bond motifs is 8. The van der Waals surface area contributed by atoms with Crippen LogP contribution in [0, 0.1) is 0 Å². The fourth-order valence-electron chi connectivity index (χ4n) is 8.16. The Bertz CT molecular complexity index is 3200. The number of furan rings is 1. The SMILES string of the molecule is c1ccc(-c2nc3ccc4cc(-c5ccccc5)c5ccc(N(c6ccccc6)c6cccc(-c7cccc8oc9ccccc9c78)c6)cc5c4c3o2)cc1. The summed E-state index contributed by atoms with van der Waals surface area (Å²) in [5, 5.41) is 6.63. The van der Waals surface area contributed by atoms with Crippen LogP contribution in [-0.4, -0.2) is 4.98 Å². The van der Waals surface area contributed by atoms with Crippen LogP contribution in [0.1, 0.15) is 0 Å². The second-order valence-corrected chi connectivity index (χ2v) is 13.9. The average Bonchev–Trinajstić information content (AvgIpc) is 3.87. The number of nitrogens with zero attached hydrogens (tertiary/aromatic N) is 2. The number of anilines is 3. The molecule has 0 aliphatic carbocycles. The summed E-state index contributed by atoms with van der Waals surface area (Å²) in [6, 6.07) is 68.1. The largest absolute Gasteiger partial charge is 0.456 e. The summed E-state index contributed by atoms with van der Waals surface area (Å²) in [6.07, 6.45) is 0. The molecule has 0 amide bonds. The smallest absolute Gasteiger partial charge is 0.227 e. The highest BCUT2D eigenvalue weighted by molar-refractivity contribution is 6.22. The fraction of sp³-hybridized carbons (Fsp3) is 0. The number of hydrogen-bond acceptors (Lipinski definition) is 4. The Morgan fingerprint density at radius 1 is 0.382 bits per heavy atom. The fourth-order valence-corrected chi connectivity index (χ4v) is 8.16. The molecule has 11 rings (SSSR count). The monoisotopic (exact) mass is 704 g/mol. The first kappa shape index (κ1) is 31.1. The normalized spacial score (nSPS) is 11.6. The standard InChI is InChI=1S/C51H32N2O2/c1-4-14-33(15-5-1)43-31-36-26-29-45-50(55-51(52-45)34-16-6-2-7-17-34)48(36)44-32-39(27-28-41(43)44)53(37-19-8-3-9-20-37)38-21-12-18-35(30-38)40-23-13-25-47-49(40)42-22-10-11-24-46(42)54-47/h1-32H. The predicted octanol–water partition coefficient (Wildman–Crippen LogP) is 14.5. The van der Waals surface area contributed by atoms with E-state index in [1.165, 1.54) is 11.1 Å². The highest BCUT2D eigenvalue weighted by Gasteiger charge is 2.20. The van der Waals surface area contributed by atoms with E-state index in [9.17, 15) is 0 Å². The van der Waals surface area contributed by atoms with Crippen LogP contribution in [0.4, 0.5) is 17.1 Å². The van der Waals surface area contributed by atoms with Crippen molar-refractivity contribution in [3.05, 3.63) is 194 Å². The van der Waals surface area contributed by atoms with Gasteiger partial charge < -0.3 is 13.7 Å². The van der Waals surface area contributed by atoms with Gasteiger partial charge in [-0.15, -0.1) is 0 Å². The van der Waals surface area contributed by atoms with Crippen molar-refractivity contribution in [1.82, 2.24) is 4.98 Å². The minimum atomic E-state index is 0.614. The Hall–Kier alpha value is -7.43. The predicted molar refractivity (Wildman–Crippen MR) is 227 cm³/mol. The van der Waals surface area contributed by atoms with Crippen molar-refractivity contribution < 1.29 is 8.83 Å². The Balaban J connectivity index is 1.16. The molecule has 4 nitrogen and oxygen atoms in total. The first-order valence-corrected chi connectivity index (χ1v) is 18.5. The van der Waals surface area contributed by atoms with E-state index in [1.54, 1.807) is 0 Å². The van der Waals surface area contributed by atoms with E-state index >= 15 is 0 Å². The van der Waals surface area contributed by atoms with Crippen LogP contribution in [0.25, 0.3) is 88.3 Å². The molecule has 0 spiro atoms. The van der Waals surface area contributed by atoms with Crippen molar-refractivity contribution in [1.29, 1.82) is 0 Å². The van der Waals surface area contributed by atoms with Gasteiger partial charge in [-0.1, -0.05) is 121 Å². The van der Waals surface area contributed by atoms with Crippen molar-refractivity contribution in [2.24, 2.45) is 0 Å². The van der Waals surface area contributed by atoms with Crippen molar-refractivity contribution in [2.45, 2.75) is 0 Å². The summed E-state index contributed by atoms with van der Waals surface area (Å²) in [5.74, 6) is 0.614. The van der Waals surface area contributed by atoms with Crippen LogP contribution < -0.4 is 4.90 Å². The highest BCUT2D eigenvalue weighted by Crippen LogP contribution is 2.44. The van der Waals surface area contributed by atoms with E-state index in [-0.39, 0.29) is 0 Å². The zero-order valence-corrected chi connectivity index (χ0v) is 29.7. The van der Waals surface area contributed by atoms with E-state index in [0.29, 0.717) is 5.89 Å². The molecule has 0 aliphatic heterocycles. The van der Waals surface area contributed by atoms with Crippen LogP contribution in [-0.2, 0) is 0 Å². The summed E-state index contributed by atoms with van der Waals surface area (Å²) in [6.45, 7) is 0. The van der Waals surface area contributed by atoms with Gasteiger partial charge in [0.1, 0.15) is 16.7 Å². The lowest BCUT2D eigenvalue weighted by molar-refractivity contribution is 0.623. The quantitative estimate of drug-likeness (QED) is 0.162. The van der Waals surface area contributed by atoms with E-state index < -0.39 is 0 Å². The first-order chi connectivity index (χ1) is 27.3. The second-order valence-electron chi connectivity index (χ2n) is 13.9. The van der Waals surface area contributed by atoms with Gasteiger partial charge in [0, 0.05) is 38.8 Å². The third kappa shape index (κ3) is 5.19. The van der Waals surface area contributed by atoms with Gasteiger partial charge in [0.25, 0.3) is 0 Å². The molecule has 0 fully saturated rings. The van der Waals surface area contributed by atoms with Gasteiger partial charge in [-0.2, -0.15) is 0 Å². The Kier molecular flexibility index (Phi) is 7.14. The van der Waals surface area contributed by atoms with Crippen LogP contribution in [0.2, 0.25) is 0 Å². The summed E-state index contributed by atoms with van der Waals surface area (Å²) in [5.41, 5.74) is 12.1. The molecule has 9 aromatic carbocycles. The van der Waals surface area contributed by atoms with E-state index in [2.05, 4.69) is 157 Å². The van der Waals surface area contributed by atoms with Gasteiger partial charge in [0.05, 0.1) is 0 Å². The van der Waals surface area contributed by atoms with Crippen molar-refractivity contribution in [3.8, 4) is 33.7 Å². The number of rotatable bonds is 6. The third-order valence-corrected chi connectivity index (χ3v) is 10.6. The molecule has 11 aromatic rings. The van der Waals surface area contributed by atoms with E-state index in [1.807, 2.05) is 42.5 Å². The van der Waals surface area contributed by atoms with Crippen LogP contribution in [0.3, 0.4) is 0 Å². The topological polar surface area (TPSA) is 42.4 Å². The summed E-state index contributed by atoms with van der Waals surface area (Å²) >= 11 is 0. The summed E-state index contributed by atoms with van der Waals surface area (Å²) in [4.78, 5) is 7.31. The maximum atomic E-state index is 6.68. The lowest BCUT2D eigenvalue weighted by Gasteiger charge is -2.27. The molecule has 0 bridgehead atoms. The first-order valence-electron chi connectivity index (χ1n) is 18.5. The Morgan fingerprint density at radius 3 is 1.89 bits per heavy atom. The van der Waals surface area contributed by atoms with Gasteiger partial charge in [-0.3, -0.25) is 0 Å². The maximum Gasteiger partial charge on any atom is 0.227 e. The summed E-state index contributed by atoms with van der Waals surface area (Å²) in [7, 11) is 0. The molecule has 0 saturated carbocycles. The van der Waals surface area contributed by atoms with E-state index in [0.717, 1.165) is 88.3 Å². The molecule has 0 N–H and O–H groups in total. The van der Waals surface area contributed by atoms with Crippen LogP contribution in [0.5, 0.6) is 0 Å². The average molecular weight is 705 g/mol. The number of hydrogen-bond donors (Lipinski definition) is 0. The molecular weight excluding hydrogens is 673 g/mol. The lowest BCUT2D eigenvalue weighted by Crippen LogP contribution is -2.10. The zero-order chi connectivity index (χ0) is 36.3. The Labute approximate surface area is 317 Å². The molecule has 0 atom stereocenters. The lowest BCUT2D eigenvalue weighted by atomic mass is 9.92. The van der Waals surface area contributed by atoms with Crippen LogP contribution in [0.15, 0.2) is 203 Å². The number of aromatic nitrogens is 1. The maximum absolute atomic E-state index is 6.68. The molecule has 2 heterocycles. The molecule has 0 aliphatic rings. The molecule has 4 heteroatoms. The molecule has 2 aromatic heterocycles. The molecule has 258 valence electrons. The number of oxazole rings is 1. The van der Waals surface area contributed by atoms with Crippen LogP contribution >= 0.6 is 0 Å². The van der Waals surface area contributed by atoms with Crippen molar-refractivity contribution >= 4 is 71.6 Å². The number of para-hydroxylation sites is 2. The van der Waals surface area contributed by atoms with Gasteiger partial charge in [-0.05, 0) is 111 Å². The molecule has 0 saturated heterocycles. The van der Waals surface area contributed by atoms with E-state index in [4.69, 9.17) is 13.8 Å². The van der Waals surface area contributed by atoms with Gasteiger partial charge >= 0.3 is 0 Å². The minimum absolute atomic E-state index is 0.614. The second kappa shape index (κ2) is 12.6. The number of benzene rings is 9. The third-order valence-electron chi connectivity index (χ3n) is 10.6. The summed E-state index contributed by atoms with van der Waals surface area (Å²) < 4.78 is 13.0.